The Kier molecular flexibility index (Phi) is 5.96. The fourth-order valence-electron chi connectivity index (χ4n) is 4.14. The van der Waals surface area contributed by atoms with Crippen LogP contribution in [0.3, 0.4) is 0 Å². The number of piperidine rings is 1. The van der Waals surface area contributed by atoms with Crippen molar-refractivity contribution in [2.75, 3.05) is 29.9 Å². The highest BCUT2D eigenvalue weighted by Gasteiger charge is 2.21. The van der Waals surface area contributed by atoms with E-state index in [0.717, 1.165) is 37.8 Å². The van der Waals surface area contributed by atoms with Crippen LogP contribution in [0.2, 0.25) is 5.02 Å². The number of hydrogen-bond donors (Lipinski definition) is 2. The second-order valence-electron chi connectivity index (χ2n) is 8.11. The maximum atomic E-state index is 14.7. The van der Waals surface area contributed by atoms with Gasteiger partial charge in [0, 0.05) is 43.4 Å². The van der Waals surface area contributed by atoms with E-state index in [2.05, 4.69) is 30.3 Å². The van der Waals surface area contributed by atoms with E-state index in [4.69, 9.17) is 16.9 Å². The van der Waals surface area contributed by atoms with Gasteiger partial charge in [0.25, 0.3) is 0 Å². The van der Waals surface area contributed by atoms with Gasteiger partial charge in [0.05, 0.1) is 28.4 Å². The average molecular weight is 479 g/mol. The zero-order valence-electron chi connectivity index (χ0n) is 18.0. The molecule has 4 heterocycles. The molecule has 2 N–H and O–H groups in total. The summed E-state index contributed by atoms with van der Waals surface area (Å²) in [5.74, 6) is 1.39. The van der Waals surface area contributed by atoms with E-state index in [1.807, 2.05) is 12.1 Å². The first kappa shape index (κ1) is 22.0. The molecule has 1 saturated heterocycles. The molecule has 0 amide bonds. The first-order valence-corrected chi connectivity index (χ1v) is 11.1. The Bertz CT molecular complexity index is 1380. The smallest absolute Gasteiger partial charge is 0.151 e. The normalized spacial score (nSPS) is 15.9. The second kappa shape index (κ2) is 9.21. The van der Waals surface area contributed by atoms with Crippen LogP contribution in [0.15, 0.2) is 43.0 Å². The molecule has 11 heteroatoms. The van der Waals surface area contributed by atoms with Gasteiger partial charge in [0.15, 0.2) is 5.82 Å². The lowest BCUT2D eigenvalue weighted by Crippen LogP contribution is -2.37. The van der Waals surface area contributed by atoms with Gasteiger partial charge >= 0.3 is 0 Å². The molecule has 1 fully saturated rings. The van der Waals surface area contributed by atoms with E-state index in [-0.39, 0.29) is 28.8 Å². The summed E-state index contributed by atoms with van der Waals surface area (Å²) in [6.07, 6.45) is 6.67. The number of pyridine rings is 1. The Hall–Kier alpha value is -3.81. The minimum absolute atomic E-state index is 0.0562. The molecule has 1 aliphatic heterocycles. The maximum Gasteiger partial charge on any atom is 0.151 e. The molecule has 172 valence electrons. The van der Waals surface area contributed by atoms with Crippen molar-refractivity contribution >= 4 is 40.0 Å². The van der Waals surface area contributed by atoms with Crippen molar-refractivity contribution in [3.8, 4) is 11.8 Å². The Balaban J connectivity index is 1.45. The van der Waals surface area contributed by atoms with Crippen molar-refractivity contribution in [1.29, 1.82) is 5.26 Å². The monoisotopic (exact) mass is 478 g/mol. The molecule has 0 saturated carbocycles. The molecule has 0 aliphatic carbocycles. The summed E-state index contributed by atoms with van der Waals surface area (Å²) in [4.78, 5) is 15.2. The fourth-order valence-corrected chi connectivity index (χ4v) is 4.43. The number of nitrogens with zero attached hydrogens (tertiary/aromatic N) is 7. The Morgan fingerprint density at radius 3 is 2.82 bits per heavy atom. The standard InChI is InChI=1S/C23H20ClFN8O/c24-17-4-15(8-26)5-18(25)23(17)33-19-6-20(27-9-16(19)10-30-33)31-21-7-22(29-13-28-21)32-3-1-2-14(11-32)12-34/h4-7,9-10,13-14,34H,1-3,11-12H2,(H,27,28,29,31)/t14-/m0/s1. The van der Waals surface area contributed by atoms with Gasteiger partial charge in [-0.1, -0.05) is 11.6 Å². The van der Waals surface area contributed by atoms with Gasteiger partial charge in [0.1, 0.15) is 29.5 Å². The van der Waals surface area contributed by atoms with Crippen LogP contribution in [0, 0.1) is 23.1 Å². The zero-order valence-corrected chi connectivity index (χ0v) is 18.7. The van der Waals surface area contributed by atoms with Crippen LogP contribution in [-0.4, -0.2) is 49.5 Å². The molecule has 0 bridgehead atoms. The SMILES string of the molecule is N#Cc1cc(F)c(-n2ncc3cnc(Nc4cc(N5CCC[C@H](CO)C5)ncn4)cc32)c(Cl)c1. The van der Waals surface area contributed by atoms with Crippen LogP contribution in [0.4, 0.5) is 21.8 Å². The summed E-state index contributed by atoms with van der Waals surface area (Å²) < 4.78 is 16.1. The summed E-state index contributed by atoms with van der Waals surface area (Å²) in [5.41, 5.74) is 0.769. The van der Waals surface area contributed by atoms with Crippen molar-refractivity contribution in [3.63, 3.8) is 0 Å². The van der Waals surface area contributed by atoms with E-state index >= 15 is 0 Å². The number of aromatic nitrogens is 5. The third kappa shape index (κ3) is 4.23. The summed E-state index contributed by atoms with van der Waals surface area (Å²) in [6.45, 7) is 1.77. The lowest BCUT2D eigenvalue weighted by Gasteiger charge is -2.32. The van der Waals surface area contributed by atoms with E-state index in [0.29, 0.717) is 22.5 Å². The van der Waals surface area contributed by atoms with E-state index in [9.17, 15) is 9.50 Å². The van der Waals surface area contributed by atoms with Crippen molar-refractivity contribution in [1.82, 2.24) is 24.7 Å². The van der Waals surface area contributed by atoms with E-state index in [1.165, 1.54) is 17.1 Å². The van der Waals surface area contributed by atoms with Crippen molar-refractivity contribution in [2.45, 2.75) is 12.8 Å². The molecule has 1 aromatic carbocycles. The Morgan fingerprint density at radius 2 is 2.03 bits per heavy atom. The molecular weight excluding hydrogens is 459 g/mol. The van der Waals surface area contributed by atoms with Crippen LogP contribution in [0.1, 0.15) is 18.4 Å². The molecule has 0 spiro atoms. The van der Waals surface area contributed by atoms with Gasteiger partial charge < -0.3 is 15.3 Å². The first-order chi connectivity index (χ1) is 16.6. The largest absolute Gasteiger partial charge is 0.396 e. The lowest BCUT2D eigenvalue weighted by atomic mass is 9.99. The third-order valence-corrected chi connectivity index (χ3v) is 6.11. The van der Waals surface area contributed by atoms with E-state index < -0.39 is 5.82 Å². The molecule has 1 atom stereocenters. The van der Waals surface area contributed by atoms with Gasteiger partial charge in [-0.15, -0.1) is 0 Å². The van der Waals surface area contributed by atoms with Crippen LogP contribution >= 0.6 is 11.6 Å². The Morgan fingerprint density at radius 1 is 1.18 bits per heavy atom. The zero-order chi connectivity index (χ0) is 23.7. The number of halogens is 2. The predicted molar refractivity (Wildman–Crippen MR) is 126 cm³/mol. The second-order valence-corrected chi connectivity index (χ2v) is 8.52. The summed E-state index contributed by atoms with van der Waals surface area (Å²) in [5, 5.41) is 26.8. The van der Waals surface area contributed by atoms with Gasteiger partial charge in [0.2, 0.25) is 0 Å². The number of nitriles is 1. The number of aliphatic hydroxyl groups is 1. The number of benzene rings is 1. The van der Waals surface area contributed by atoms with Crippen molar-refractivity contribution < 1.29 is 9.50 Å². The molecule has 0 unspecified atom stereocenters. The summed E-state index contributed by atoms with van der Waals surface area (Å²) >= 11 is 6.27. The van der Waals surface area contributed by atoms with Gasteiger partial charge in [-0.2, -0.15) is 10.4 Å². The maximum absolute atomic E-state index is 14.7. The minimum atomic E-state index is -0.650. The number of nitrogens with one attached hydrogen (secondary N) is 1. The van der Waals surface area contributed by atoms with Crippen molar-refractivity contribution in [3.05, 3.63) is 59.4 Å². The number of anilines is 3. The highest BCUT2D eigenvalue weighted by molar-refractivity contribution is 6.32. The molecule has 5 rings (SSSR count). The number of fused-ring (bicyclic) bond motifs is 1. The summed E-state index contributed by atoms with van der Waals surface area (Å²) in [6, 6.07) is 7.97. The number of aliphatic hydroxyl groups excluding tert-OH is 1. The average Bonchev–Trinajstić information content (AvgIpc) is 3.26. The number of hydrogen-bond acceptors (Lipinski definition) is 8. The molecule has 3 aromatic heterocycles. The number of rotatable bonds is 5. The first-order valence-electron chi connectivity index (χ1n) is 10.7. The highest BCUT2D eigenvalue weighted by atomic mass is 35.5. The van der Waals surface area contributed by atoms with E-state index in [1.54, 1.807) is 18.5 Å². The van der Waals surface area contributed by atoms with Gasteiger partial charge in [-0.05, 0) is 30.9 Å². The minimum Gasteiger partial charge on any atom is -0.396 e. The van der Waals surface area contributed by atoms with Gasteiger partial charge in [-0.25, -0.2) is 24.0 Å². The molecule has 4 aromatic rings. The molecule has 9 nitrogen and oxygen atoms in total. The predicted octanol–water partition coefficient (Wildman–Crippen LogP) is 3.83. The molecular formula is C23H20ClFN8O. The third-order valence-electron chi connectivity index (χ3n) is 5.82. The highest BCUT2D eigenvalue weighted by Crippen LogP contribution is 2.29. The topological polar surface area (TPSA) is 116 Å². The lowest BCUT2D eigenvalue weighted by molar-refractivity contribution is 0.208. The Labute approximate surface area is 199 Å². The van der Waals surface area contributed by atoms with Crippen LogP contribution in [0.25, 0.3) is 16.6 Å². The molecule has 1 aliphatic rings. The quantitative estimate of drug-likeness (QED) is 0.444. The van der Waals surface area contributed by atoms with Crippen molar-refractivity contribution in [2.24, 2.45) is 5.92 Å². The molecule has 0 radical (unpaired) electrons. The fraction of sp³-hybridized carbons (Fsp3) is 0.261. The van der Waals surface area contributed by atoms with Crippen LogP contribution in [-0.2, 0) is 0 Å². The summed E-state index contributed by atoms with van der Waals surface area (Å²) in [7, 11) is 0. The van der Waals surface area contributed by atoms with Crippen LogP contribution < -0.4 is 10.2 Å². The molecule has 34 heavy (non-hydrogen) atoms. The van der Waals surface area contributed by atoms with Crippen LogP contribution in [0.5, 0.6) is 0 Å². The van der Waals surface area contributed by atoms with Gasteiger partial charge in [-0.3, -0.25) is 0 Å².